The maximum atomic E-state index is 9.74. The molecule has 0 spiro atoms. The van der Waals surface area contributed by atoms with Gasteiger partial charge >= 0.3 is 0 Å². The third-order valence-electron chi connectivity index (χ3n) is 2.90. The van der Waals surface area contributed by atoms with Gasteiger partial charge in [0.25, 0.3) is 0 Å². The maximum absolute atomic E-state index is 9.74. The lowest BCUT2D eigenvalue weighted by atomic mass is 10.0. The standard InChI is InChI=1S/C12H17ClN2O2/c13-6-8(16)7-15-10-3-4-11(17)12-9(10)2-1-5-14-12/h3-4,8,14-17H,1-2,5-7H2. The first-order valence-electron chi connectivity index (χ1n) is 5.79. The van der Waals surface area contributed by atoms with E-state index in [1.807, 2.05) is 6.07 Å². The highest BCUT2D eigenvalue weighted by Gasteiger charge is 2.16. The highest BCUT2D eigenvalue weighted by molar-refractivity contribution is 6.18. The number of hydrogen-bond donors (Lipinski definition) is 4. The monoisotopic (exact) mass is 256 g/mol. The molecule has 2 rings (SSSR count). The van der Waals surface area contributed by atoms with Crippen LogP contribution in [0.15, 0.2) is 12.1 Å². The van der Waals surface area contributed by atoms with Crippen molar-refractivity contribution < 1.29 is 10.2 Å². The minimum absolute atomic E-state index is 0.214. The molecule has 0 bridgehead atoms. The number of benzene rings is 1. The molecule has 1 unspecified atom stereocenters. The van der Waals surface area contributed by atoms with Gasteiger partial charge in [0.2, 0.25) is 0 Å². The average Bonchev–Trinajstić information content (AvgIpc) is 2.38. The molecule has 94 valence electrons. The molecule has 1 aromatic rings. The van der Waals surface area contributed by atoms with Gasteiger partial charge in [-0.1, -0.05) is 0 Å². The van der Waals surface area contributed by atoms with Gasteiger partial charge < -0.3 is 20.8 Å². The number of phenols is 1. The van der Waals surface area contributed by atoms with Crippen LogP contribution in [0.3, 0.4) is 0 Å². The van der Waals surface area contributed by atoms with Gasteiger partial charge in [0.1, 0.15) is 5.75 Å². The lowest BCUT2D eigenvalue weighted by Crippen LogP contribution is -2.22. The average molecular weight is 257 g/mol. The molecular formula is C12H17ClN2O2. The van der Waals surface area contributed by atoms with Gasteiger partial charge in [-0.15, -0.1) is 11.6 Å². The van der Waals surface area contributed by atoms with E-state index in [0.717, 1.165) is 36.3 Å². The molecule has 1 aromatic carbocycles. The van der Waals surface area contributed by atoms with Crippen LogP contribution in [-0.4, -0.2) is 35.3 Å². The van der Waals surface area contributed by atoms with E-state index in [2.05, 4.69) is 10.6 Å². The molecule has 4 N–H and O–H groups in total. The molecule has 0 saturated carbocycles. The zero-order valence-electron chi connectivity index (χ0n) is 9.54. The molecule has 0 radical (unpaired) electrons. The van der Waals surface area contributed by atoms with Gasteiger partial charge in [0, 0.05) is 24.3 Å². The zero-order chi connectivity index (χ0) is 12.3. The van der Waals surface area contributed by atoms with Crippen LogP contribution in [0, 0.1) is 0 Å². The number of alkyl halides is 1. The lowest BCUT2D eigenvalue weighted by Gasteiger charge is -2.23. The summed E-state index contributed by atoms with van der Waals surface area (Å²) in [4.78, 5) is 0. The summed E-state index contributed by atoms with van der Waals surface area (Å²) in [6.07, 6.45) is 1.41. The number of hydrogen-bond acceptors (Lipinski definition) is 4. The number of rotatable bonds is 4. The predicted octanol–water partition coefficient (Wildman–Crippen LogP) is 1.76. The first-order valence-corrected chi connectivity index (χ1v) is 6.32. The van der Waals surface area contributed by atoms with Crippen molar-refractivity contribution in [2.75, 3.05) is 29.6 Å². The number of halogens is 1. The van der Waals surface area contributed by atoms with Crippen molar-refractivity contribution in [1.29, 1.82) is 0 Å². The van der Waals surface area contributed by atoms with Crippen molar-refractivity contribution in [2.45, 2.75) is 18.9 Å². The van der Waals surface area contributed by atoms with Gasteiger partial charge in [-0.25, -0.2) is 0 Å². The number of anilines is 2. The van der Waals surface area contributed by atoms with Crippen LogP contribution in [0.4, 0.5) is 11.4 Å². The quantitative estimate of drug-likeness (QED) is 0.377. The minimum atomic E-state index is -0.558. The first-order chi connectivity index (χ1) is 8.22. The molecule has 1 heterocycles. The summed E-state index contributed by atoms with van der Waals surface area (Å²) in [5, 5.41) is 25.5. The minimum Gasteiger partial charge on any atom is -0.506 e. The van der Waals surface area contributed by atoms with Crippen LogP contribution >= 0.6 is 11.6 Å². The van der Waals surface area contributed by atoms with Crippen molar-refractivity contribution in [3.63, 3.8) is 0 Å². The van der Waals surface area contributed by atoms with Crippen molar-refractivity contribution in [3.8, 4) is 5.75 Å². The predicted molar refractivity (Wildman–Crippen MR) is 70.1 cm³/mol. The molecule has 5 heteroatoms. The summed E-state index contributed by atoms with van der Waals surface area (Å²) < 4.78 is 0. The third-order valence-corrected chi connectivity index (χ3v) is 3.26. The fourth-order valence-electron chi connectivity index (χ4n) is 2.02. The summed E-state index contributed by atoms with van der Waals surface area (Å²) in [7, 11) is 0. The smallest absolute Gasteiger partial charge is 0.139 e. The van der Waals surface area contributed by atoms with Crippen LogP contribution in [-0.2, 0) is 6.42 Å². The second-order valence-corrected chi connectivity index (χ2v) is 4.51. The molecule has 0 aliphatic carbocycles. The van der Waals surface area contributed by atoms with E-state index in [1.165, 1.54) is 0 Å². The van der Waals surface area contributed by atoms with Crippen molar-refractivity contribution in [2.24, 2.45) is 0 Å². The molecule has 0 saturated heterocycles. The Morgan fingerprint density at radius 2 is 2.29 bits per heavy atom. The number of aromatic hydroxyl groups is 1. The van der Waals surface area contributed by atoms with E-state index in [1.54, 1.807) is 6.07 Å². The Bertz CT molecular complexity index is 398. The normalized spacial score (nSPS) is 15.9. The van der Waals surface area contributed by atoms with E-state index >= 15 is 0 Å². The molecule has 1 aliphatic rings. The van der Waals surface area contributed by atoms with Gasteiger partial charge in [0.05, 0.1) is 17.7 Å². The lowest BCUT2D eigenvalue weighted by molar-refractivity contribution is 0.211. The zero-order valence-corrected chi connectivity index (χ0v) is 10.3. The summed E-state index contributed by atoms with van der Waals surface area (Å²) >= 11 is 5.54. The number of aliphatic hydroxyl groups is 1. The van der Waals surface area contributed by atoms with E-state index < -0.39 is 6.10 Å². The number of phenolic OH excluding ortho intramolecular Hbond substituents is 1. The van der Waals surface area contributed by atoms with Gasteiger partial charge in [-0.2, -0.15) is 0 Å². The number of nitrogens with one attached hydrogen (secondary N) is 2. The van der Waals surface area contributed by atoms with E-state index in [0.29, 0.717) is 6.54 Å². The Morgan fingerprint density at radius 3 is 3.06 bits per heavy atom. The Hall–Kier alpha value is -1.13. The second kappa shape index (κ2) is 5.47. The number of aliphatic hydroxyl groups excluding tert-OH is 1. The second-order valence-electron chi connectivity index (χ2n) is 4.21. The Balaban J connectivity index is 2.17. The SMILES string of the molecule is Oc1ccc(NCC(O)CCl)c2c1NCCC2. The van der Waals surface area contributed by atoms with Crippen LogP contribution < -0.4 is 10.6 Å². The summed E-state index contributed by atoms with van der Waals surface area (Å²) in [6, 6.07) is 3.49. The third kappa shape index (κ3) is 2.76. The molecule has 0 aromatic heterocycles. The van der Waals surface area contributed by atoms with Crippen LogP contribution in [0.25, 0.3) is 0 Å². The largest absolute Gasteiger partial charge is 0.506 e. The molecule has 0 fully saturated rings. The van der Waals surface area contributed by atoms with Crippen LogP contribution in [0.1, 0.15) is 12.0 Å². The van der Waals surface area contributed by atoms with Gasteiger partial charge in [-0.3, -0.25) is 0 Å². The molecule has 1 atom stereocenters. The van der Waals surface area contributed by atoms with E-state index in [4.69, 9.17) is 11.6 Å². The van der Waals surface area contributed by atoms with E-state index in [9.17, 15) is 10.2 Å². The van der Waals surface area contributed by atoms with Crippen molar-refractivity contribution in [3.05, 3.63) is 17.7 Å². The molecule has 17 heavy (non-hydrogen) atoms. The summed E-state index contributed by atoms with van der Waals surface area (Å²) in [5.74, 6) is 0.495. The maximum Gasteiger partial charge on any atom is 0.139 e. The van der Waals surface area contributed by atoms with Gasteiger partial charge in [-0.05, 0) is 25.0 Å². The van der Waals surface area contributed by atoms with Crippen LogP contribution in [0.2, 0.25) is 0 Å². The van der Waals surface area contributed by atoms with E-state index in [-0.39, 0.29) is 11.6 Å². The summed E-state index contributed by atoms with van der Waals surface area (Å²) in [6.45, 7) is 1.30. The Kier molecular flexibility index (Phi) is 3.97. The fourth-order valence-corrected chi connectivity index (χ4v) is 2.13. The first kappa shape index (κ1) is 12.3. The molecule has 4 nitrogen and oxygen atoms in total. The summed E-state index contributed by atoms with van der Waals surface area (Å²) in [5.41, 5.74) is 2.84. The molecule has 0 amide bonds. The highest BCUT2D eigenvalue weighted by atomic mass is 35.5. The Morgan fingerprint density at radius 1 is 1.47 bits per heavy atom. The Labute approximate surface area is 106 Å². The fraction of sp³-hybridized carbons (Fsp3) is 0.500. The van der Waals surface area contributed by atoms with Crippen molar-refractivity contribution >= 4 is 23.0 Å². The molecule has 1 aliphatic heterocycles. The molecular weight excluding hydrogens is 240 g/mol. The van der Waals surface area contributed by atoms with Crippen LogP contribution in [0.5, 0.6) is 5.75 Å². The van der Waals surface area contributed by atoms with Crippen molar-refractivity contribution in [1.82, 2.24) is 0 Å². The topological polar surface area (TPSA) is 64.5 Å². The number of fused-ring (bicyclic) bond motifs is 1. The van der Waals surface area contributed by atoms with Gasteiger partial charge in [0.15, 0.2) is 0 Å². The highest BCUT2D eigenvalue weighted by Crippen LogP contribution is 2.36.